The second kappa shape index (κ2) is 4.49. The van der Waals surface area contributed by atoms with E-state index in [2.05, 4.69) is 0 Å². The number of alkyl halides is 1. The van der Waals surface area contributed by atoms with Crippen molar-refractivity contribution < 1.29 is 4.74 Å². The minimum atomic E-state index is 0.345. The number of hydrogen-bond acceptors (Lipinski definition) is 1. The Bertz CT molecular complexity index is 245. The maximum absolute atomic E-state index is 6.33. The number of rotatable bonds is 4. The maximum atomic E-state index is 6.33. The molecule has 0 N–H and O–H groups in total. The second-order valence-corrected chi connectivity index (χ2v) is 6.50. The van der Waals surface area contributed by atoms with Crippen molar-refractivity contribution in [2.24, 2.45) is 17.3 Å². The summed E-state index contributed by atoms with van der Waals surface area (Å²) < 4.78 is 6.01. The van der Waals surface area contributed by atoms with Crippen molar-refractivity contribution in [2.75, 3.05) is 12.5 Å². The van der Waals surface area contributed by atoms with Gasteiger partial charge in [0.1, 0.15) is 0 Å². The van der Waals surface area contributed by atoms with Crippen molar-refractivity contribution in [3.63, 3.8) is 0 Å². The molecule has 0 amide bonds. The molecule has 1 heterocycles. The van der Waals surface area contributed by atoms with Crippen LogP contribution in [0.3, 0.4) is 0 Å². The van der Waals surface area contributed by atoms with Gasteiger partial charge in [-0.3, -0.25) is 0 Å². The Balaban J connectivity index is 1.69. The highest BCUT2D eigenvalue weighted by Crippen LogP contribution is 2.52. The van der Waals surface area contributed by atoms with E-state index < -0.39 is 0 Å². The maximum Gasteiger partial charge on any atom is 0.0671 e. The molecule has 1 nitrogen and oxygen atoms in total. The number of ether oxygens (including phenoxy) is 1. The van der Waals surface area contributed by atoms with Gasteiger partial charge >= 0.3 is 0 Å². The van der Waals surface area contributed by atoms with Crippen LogP contribution in [0.2, 0.25) is 0 Å². The van der Waals surface area contributed by atoms with E-state index in [0.717, 1.165) is 24.3 Å². The van der Waals surface area contributed by atoms with Crippen molar-refractivity contribution in [3.05, 3.63) is 0 Å². The van der Waals surface area contributed by atoms with Gasteiger partial charge in [0.2, 0.25) is 0 Å². The second-order valence-electron chi connectivity index (χ2n) is 6.23. The first-order valence-corrected chi connectivity index (χ1v) is 7.55. The first-order chi connectivity index (χ1) is 7.84. The fourth-order valence-corrected chi connectivity index (χ4v) is 4.34. The molecule has 1 aliphatic heterocycles. The summed E-state index contributed by atoms with van der Waals surface area (Å²) in [5.74, 6) is 2.62. The standard InChI is InChI=1S/C14H23ClO/c15-10-14(9-11-3-1-2-4-11)7-8-16-13(14)12-5-6-12/h11-13H,1-10H2. The zero-order chi connectivity index (χ0) is 11.0. The van der Waals surface area contributed by atoms with E-state index in [1.165, 1.54) is 51.4 Å². The van der Waals surface area contributed by atoms with Gasteiger partial charge in [-0.1, -0.05) is 25.7 Å². The Morgan fingerprint density at radius 3 is 2.50 bits per heavy atom. The predicted molar refractivity (Wildman–Crippen MR) is 66.8 cm³/mol. The topological polar surface area (TPSA) is 9.23 Å². The summed E-state index contributed by atoms with van der Waals surface area (Å²) in [5, 5.41) is 0. The highest BCUT2D eigenvalue weighted by atomic mass is 35.5. The van der Waals surface area contributed by atoms with E-state index in [1.54, 1.807) is 0 Å². The van der Waals surface area contributed by atoms with Crippen molar-refractivity contribution in [1.29, 1.82) is 0 Å². The van der Waals surface area contributed by atoms with Crippen LogP contribution in [-0.4, -0.2) is 18.6 Å². The summed E-state index contributed by atoms with van der Waals surface area (Å²) in [7, 11) is 0. The Labute approximate surface area is 104 Å². The third-order valence-electron chi connectivity index (χ3n) is 4.99. The molecule has 3 fully saturated rings. The van der Waals surface area contributed by atoms with Crippen LogP contribution < -0.4 is 0 Å². The molecule has 2 unspecified atom stereocenters. The summed E-state index contributed by atoms with van der Waals surface area (Å²) in [6.45, 7) is 0.959. The molecule has 2 atom stereocenters. The first kappa shape index (κ1) is 11.3. The van der Waals surface area contributed by atoms with Crippen molar-refractivity contribution in [1.82, 2.24) is 0 Å². The lowest BCUT2D eigenvalue weighted by Crippen LogP contribution is -2.36. The third kappa shape index (κ3) is 2.01. The Morgan fingerprint density at radius 1 is 1.12 bits per heavy atom. The highest BCUT2D eigenvalue weighted by molar-refractivity contribution is 6.18. The van der Waals surface area contributed by atoms with Gasteiger partial charge < -0.3 is 4.74 Å². The van der Waals surface area contributed by atoms with E-state index in [9.17, 15) is 0 Å². The smallest absolute Gasteiger partial charge is 0.0671 e. The average Bonchev–Trinajstić information content (AvgIpc) is 2.86. The van der Waals surface area contributed by atoms with E-state index in [1.807, 2.05) is 0 Å². The molecule has 2 aliphatic carbocycles. The lowest BCUT2D eigenvalue weighted by Gasteiger charge is -2.34. The number of hydrogen-bond donors (Lipinski definition) is 0. The normalized spacial score (nSPS) is 40.7. The summed E-state index contributed by atoms with van der Waals surface area (Å²) in [6.07, 6.45) is 11.6. The molecule has 1 saturated heterocycles. The van der Waals surface area contributed by atoms with Gasteiger partial charge in [-0.15, -0.1) is 11.6 Å². The van der Waals surface area contributed by atoms with Crippen LogP contribution in [0.25, 0.3) is 0 Å². The van der Waals surface area contributed by atoms with Gasteiger partial charge in [0.15, 0.2) is 0 Å². The molecule has 3 rings (SSSR count). The molecule has 0 aromatic rings. The largest absolute Gasteiger partial charge is 0.377 e. The molecule has 3 aliphatic rings. The summed E-state index contributed by atoms with van der Waals surface area (Å²) in [6, 6.07) is 0. The van der Waals surface area contributed by atoms with Crippen molar-refractivity contribution in [3.8, 4) is 0 Å². The van der Waals surface area contributed by atoms with Crippen LogP contribution in [0.4, 0.5) is 0 Å². The van der Waals surface area contributed by atoms with Crippen LogP contribution in [0, 0.1) is 17.3 Å². The van der Waals surface area contributed by atoms with Crippen LogP contribution >= 0.6 is 11.6 Å². The SMILES string of the molecule is ClCC1(CC2CCCC2)CCOC1C1CC1. The predicted octanol–water partition coefficient (Wildman–Crippen LogP) is 3.99. The van der Waals surface area contributed by atoms with Gasteiger partial charge in [-0.2, -0.15) is 0 Å². The molecule has 0 aromatic carbocycles. The summed E-state index contributed by atoms with van der Waals surface area (Å²) in [5.41, 5.74) is 0.345. The fraction of sp³-hybridized carbons (Fsp3) is 1.00. The first-order valence-electron chi connectivity index (χ1n) is 7.02. The van der Waals surface area contributed by atoms with Gasteiger partial charge in [0, 0.05) is 17.9 Å². The van der Waals surface area contributed by atoms with Gasteiger partial charge in [0.25, 0.3) is 0 Å². The van der Waals surface area contributed by atoms with Crippen LogP contribution in [0.1, 0.15) is 51.4 Å². The Morgan fingerprint density at radius 2 is 1.88 bits per heavy atom. The fourth-order valence-electron chi connectivity index (χ4n) is 3.95. The Hall–Kier alpha value is 0.250. The lowest BCUT2D eigenvalue weighted by atomic mass is 9.73. The average molecular weight is 243 g/mol. The van der Waals surface area contributed by atoms with Crippen molar-refractivity contribution >= 4 is 11.6 Å². The molecule has 92 valence electrons. The molecule has 0 bridgehead atoms. The van der Waals surface area contributed by atoms with Crippen LogP contribution in [0.15, 0.2) is 0 Å². The summed E-state index contributed by atoms with van der Waals surface area (Å²) in [4.78, 5) is 0. The molecule has 16 heavy (non-hydrogen) atoms. The molecular weight excluding hydrogens is 220 g/mol. The third-order valence-corrected chi connectivity index (χ3v) is 5.52. The highest BCUT2D eigenvalue weighted by Gasteiger charge is 2.51. The zero-order valence-electron chi connectivity index (χ0n) is 10.1. The molecule has 2 heteroatoms. The minimum Gasteiger partial charge on any atom is -0.377 e. The minimum absolute atomic E-state index is 0.345. The van der Waals surface area contributed by atoms with Gasteiger partial charge in [-0.05, 0) is 37.5 Å². The molecule has 0 spiro atoms. The zero-order valence-corrected chi connectivity index (χ0v) is 10.8. The van der Waals surface area contributed by atoms with E-state index in [0.29, 0.717) is 11.5 Å². The van der Waals surface area contributed by atoms with Crippen LogP contribution in [-0.2, 0) is 4.74 Å². The molecule has 0 radical (unpaired) electrons. The van der Waals surface area contributed by atoms with E-state index >= 15 is 0 Å². The van der Waals surface area contributed by atoms with E-state index in [4.69, 9.17) is 16.3 Å². The van der Waals surface area contributed by atoms with Crippen LogP contribution in [0.5, 0.6) is 0 Å². The summed E-state index contributed by atoms with van der Waals surface area (Å²) >= 11 is 6.33. The van der Waals surface area contributed by atoms with E-state index in [-0.39, 0.29) is 0 Å². The molecular formula is C14H23ClO. The van der Waals surface area contributed by atoms with Gasteiger partial charge in [-0.25, -0.2) is 0 Å². The molecule has 2 saturated carbocycles. The quantitative estimate of drug-likeness (QED) is 0.678. The Kier molecular flexibility index (Phi) is 3.19. The number of halogens is 1. The van der Waals surface area contributed by atoms with Gasteiger partial charge in [0.05, 0.1) is 6.10 Å². The molecule has 0 aromatic heterocycles. The monoisotopic (exact) mass is 242 g/mol. The van der Waals surface area contributed by atoms with Crippen molar-refractivity contribution in [2.45, 2.75) is 57.5 Å². The lowest BCUT2D eigenvalue weighted by molar-refractivity contribution is 0.0295.